The Balaban J connectivity index is 1.70. The van der Waals surface area contributed by atoms with E-state index in [0.717, 1.165) is 32.1 Å². The fourth-order valence-corrected chi connectivity index (χ4v) is 6.30. The monoisotopic (exact) mass is 454 g/mol. The van der Waals surface area contributed by atoms with Gasteiger partial charge in [-0.15, -0.1) is 11.3 Å². The fraction of sp³-hybridized carbons (Fsp3) is 0.400. The molecule has 0 saturated heterocycles. The molecule has 1 aromatic carbocycles. The minimum absolute atomic E-state index is 0.00731. The molecule has 156 valence electrons. The van der Waals surface area contributed by atoms with E-state index in [1.807, 2.05) is 0 Å². The van der Waals surface area contributed by atoms with Crippen LogP contribution < -0.4 is 10.6 Å². The summed E-state index contributed by atoms with van der Waals surface area (Å²) in [5.74, 6) is -1.53. The van der Waals surface area contributed by atoms with Crippen molar-refractivity contribution in [2.75, 3.05) is 6.54 Å². The highest BCUT2D eigenvalue weighted by molar-refractivity contribution is 7.91. The van der Waals surface area contributed by atoms with Crippen molar-refractivity contribution in [3.8, 4) is 0 Å². The third-order valence-electron chi connectivity index (χ3n) is 4.97. The number of benzene rings is 1. The predicted molar refractivity (Wildman–Crippen MR) is 114 cm³/mol. The summed E-state index contributed by atoms with van der Waals surface area (Å²) in [6.07, 6.45) is 4.94. The van der Waals surface area contributed by atoms with Crippen molar-refractivity contribution < 1.29 is 18.0 Å². The van der Waals surface area contributed by atoms with Crippen LogP contribution in [0.15, 0.2) is 46.7 Å². The number of carbonyl (C=O) groups excluding carboxylic acids is 2. The number of hydrogen-bond acceptors (Lipinski definition) is 5. The maximum absolute atomic E-state index is 13.2. The number of nitrogens with one attached hydrogen (secondary N) is 2. The Bertz CT molecular complexity index is 937. The third kappa shape index (κ3) is 5.58. The topological polar surface area (TPSA) is 92.3 Å². The Labute approximate surface area is 179 Å². The van der Waals surface area contributed by atoms with E-state index in [1.54, 1.807) is 17.5 Å². The molecule has 1 aromatic heterocycles. The highest BCUT2D eigenvalue weighted by Crippen LogP contribution is 2.31. The maximum Gasteiger partial charge on any atom is 0.309 e. The molecule has 6 nitrogen and oxygen atoms in total. The summed E-state index contributed by atoms with van der Waals surface area (Å²) in [6.45, 7) is -0.192. The number of sulfone groups is 1. The van der Waals surface area contributed by atoms with Gasteiger partial charge in [-0.1, -0.05) is 36.9 Å². The second-order valence-electron chi connectivity index (χ2n) is 7.02. The van der Waals surface area contributed by atoms with E-state index < -0.39 is 26.9 Å². The largest absolute Gasteiger partial charge is 0.346 e. The molecule has 0 bridgehead atoms. The van der Waals surface area contributed by atoms with E-state index in [-0.39, 0.29) is 17.5 Å². The Morgan fingerprint density at radius 2 is 1.76 bits per heavy atom. The minimum Gasteiger partial charge on any atom is -0.346 e. The Hall–Kier alpha value is -1.90. The first-order valence-corrected chi connectivity index (χ1v) is 12.3. The Kier molecular flexibility index (Phi) is 7.32. The molecule has 2 N–H and O–H groups in total. The van der Waals surface area contributed by atoms with Gasteiger partial charge in [0, 0.05) is 22.5 Å². The lowest BCUT2D eigenvalue weighted by molar-refractivity contribution is -0.139. The van der Waals surface area contributed by atoms with E-state index in [9.17, 15) is 18.0 Å². The van der Waals surface area contributed by atoms with Gasteiger partial charge in [0.05, 0.1) is 4.90 Å². The number of thiophene rings is 1. The molecule has 0 unspecified atom stereocenters. The van der Waals surface area contributed by atoms with Crippen LogP contribution in [0.1, 0.15) is 42.2 Å². The Morgan fingerprint density at radius 1 is 1.07 bits per heavy atom. The molecule has 1 atom stereocenters. The molecule has 1 saturated carbocycles. The average Bonchev–Trinajstić information content (AvgIpc) is 3.23. The molecule has 3 rings (SSSR count). The number of hydrogen-bond donors (Lipinski definition) is 2. The van der Waals surface area contributed by atoms with Crippen molar-refractivity contribution in [2.45, 2.75) is 48.3 Å². The van der Waals surface area contributed by atoms with Crippen LogP contribution in [0.25, 0.3) is 0 Å². The van der Waals surface area contributed by atoms with Crippen molar-refractivity contribution in [1.29, 1.82) is 0 Å². The normalized spacial score (nSPS) is 16.2. The molecule has 0 radical (unpaired) electrons. The van der Waals surface area contributed by atoms with Crippen LogP contribution in [0.4, 0.5) is 0 Å². The summed E-state index contributed by atoms with van der Waals surface area (Å²) in [7, 11) is -3.78. The van der Waals surface area contributed by atoms with Gasteiger partial charge in [0.15, 0.2) is 9.84 Å². The molecular weight excluding hydrogens is 432 g/mol. The second kappa shape index (κ2) is 9.73. The first-order chi connectivity index (χ1) is 13.9. The molecule has 0 spiro atoms. The number of amides is 2. The van der Waals surface area contributed by atoms with E-state index in [0.29, 0.717) is 9.90 Å². The zero-order valence-corrected chi connectivity index (χ0v) is 18.2. The number of halogens is 1. The predicted octanol–water partition coefficient (Wildman–Crippen LogP) is 3.48. The molecule has 2 aromatic rings. The van der Waals surface area contributed by atoms with E-state index in [4.69, 9.17) is 11.6 Å². The molecule has 1 heterocycles. The van der Waals surface area contributed by atoms with Gasteiger partial charge in [0.25, 0.3) is 0 Å². The maximum atomic E-state index is 13.2. The summed E-state index contributed by atoms with van der Waals surface area (Å²) in [5, 5.41) is 6.46. The van der Waals surface area contributed by atoms with Gasteiger partial charge in [0.1, 0.15) is 5.25 Å². The molecular formula is C20H23ClN2O4S2. The SMILES string of the molecule is O=C(NC[C@H](c1cccs1)S(=O)(=O)c1ccc(Cl)cc1)C(=O)NC1CCCCC1. The molecule has 1 aliphatic rings. The first-order valence-electron chi connectivity index (χ1n) is 9.49. The van der Waals surface area contributed by atoms with E-state index in [1.165, 1.54) is 35.6 Å². The lowest BCUT2D eigenvalue weighted by atomic mass is 9.95. The highest BCUT2D eigenvalue weighted by Gasteiger charge is 2.31. The van der Waals surface area contributed by atoms with Crippen molar-refractivity contribution >= 4 is 44.6 Å². The summed E-state index contributed by atoms with van der Waals surface area (Å²) in [5.41, 5.74) is 0. The van der Waals surface area contributed by atoms with Crippen LogP contribution in [0.5, 0.6) is 0 Å². The fourth-order valence-electron chi connectivity index (χ4n) is 3.39. The van der Waals surface area contributed by atoms with Crippen molar-refractivity contribution in [2.24, 2.45) is 0 Å². The molecule has 29 heavy (non-hydrogen) atoms. The summed E-state index contributed by atoms with van der Waals surface area (Å²) in [6, 6.07) is 9.37. The van der Waals surface area contributed by atoms with Gasteiger partial charge in [0.2, 0.25) is 0 Å². The lowest BCUT2D eigenvalue weighted by Gasteiger charge is -2.22. The standard InChI is InChI=1S/C20H23ClN2O4S2/c21-14-8-10-16(11-9-14)29(26,27)18(17-7-4-12-28-17)13-22-19(24)20(25)23-15-5-2-1-3-6-15/h4,7-12,15,18H,1-3,5-6,13H2,(H,22,24)(H,23,25)/t18-/m1/s1. The van der Waals surface area contributed by atoms with Crippen LogP contribution in [0, 0.1) is 0 Å². The molecule has 9 heteroatoms. The van der Waals surface area contributed by atoms with Gasteiger partial charge in [-0.2, -0.15) is 0 Å². The quantitative estimate of drug-likeness (QED) is 0.653. The molecule has 0 aliphatic heterocycles. The highest BCUT2D eigenvalue weighted by atomic mass is 35.5. The van der Waals surface area contributed by atoms with Gasteiger partial charge in [-0.05, 0) is 48.6 Å². The minimum atomic E-state index is -3.78. The summed E-state index contributed by atoms with van der Waals surface area (Å²) >= 11 is 7.15. The summed E-state index contributed by atoms with van der Waals surface area (Å²) < 4.78 is 26.3. The van der Waals surface area contributed by atoms with Gasteiger partial charge < -0.3 is 10.6 Å². The first kappa shape index (κ1) is 21.8. The van der Waals surface area contributed by atoms with Crippen molar-refractivity contribution in [3.63, 3.8) is 0 Å². The van der Waals surface area contributed by atoms with Crippen molar-refractivity contribution in [1.82, 2.24) is 10.6 Å². The zero-order chi connectivity index (χ0) is 20.9. The second-order valence-corrected chi connectivity index (χ2v) is 10.6. The van der Waals surface area contributed by atoms with Crippen LogP contribution in [0.2, 0.25) is 5.02 Å². The van der Waals surface area contributed by atoms with Crippen LogP contribution >= 0.6 is 22.9 Å². The van der Waals surface area contributed by atoms with E-state index >= 15 is 0 Å². The molecule has 1 aliphatic carbocycles. The summed E-state index contributed by atoms with van der Waals surface area (Å²) in [4.78, 5) is 25.2. The van der Waals surface area contributed by atoms with Gasteiger partial charge in [-0.25, -0.2) is 8.42 Å². The molecule has 1 fully saturated rings. The Morgan fingerprint density at radius 3 is 2.38 bits per heavy atom. The van der Waals surface area contributed by atoms with E-state index in [2.05, 4.69) is 10.6 Å². The van der Waals surface area contributed by atoms with Crippen LogP contribution in [-0.4, -0.2) is 32.8 Å². The van der Waals surface area contributed by atoms with Gasteiger partial charge in [-0.3, -0.25) is 9.59 Å². The van der Waals surface area contributed by atoms with Gasteiger partial charge >= 0.3 is 11.8 Å². The molecule has 2 amide bonds. The third-order valence-corrected chi connectivity index (χ3v) is 8.46. The zero-order valence-electron chi connectivity index (χ0n) is 15.8. The number of carbonyl (C=O) groups is 2. The van der Waals surface area contributed by atoms with Crippen LogP contribution in [-0.2, 0) is 19.4 Å². The number of rotatable bonds is 6. The smallest absolute Gasteiger partial charge is 0.309 e. The van der Waals surface area contributed by atoms with Crippen LogP contribution in [0.3, 0.4) is 0 Å². The average molecular weight is 455 g/mol. The lowest BCUT2D eigenvalue weighted by Crippen LogP contribution is -2.46. The van der Waals surface area contributed by atoms with Crippen molar-refractivity contribution in [3.05, 3.63) is 51.7 Å².